The van der Waals surface area contributed by atoms with E-state index in [9.17, 15) is 14.7 Å². The molecule has 0 bridgehead atoms. The first-order valence-corrected chi connectivity index (χ1v) is 6.26. The summed E-state index contributed by atoms with van der Waals surface area (Å²) in [5.41, 5.74) is 0.661. The Morgan fingerprint density at radius 2 is 2.20 bits per heavy atom. The van der Waals surface area contributed by atoms with Crippen molar-refractivity contribution in [2.45, 2.75) is 19.9 Å². The fraction of sp³-hybridized carbons (Fsp3) is 0.214. The third-order valence-electron chi connectivity index (χ3n) is 2.69. The lowest BCUT2D eigenvalue weighted by atomic mass is 10.2. The highest BCUT2D eigenvalue weighted by molar-refractivity contribution is 6.04. The Labute approximate surface area is 115 Å². The smallest absolute Gasteiger partial charge is 0.257 e. The van der Waals surface area contributed by atoms with Gasteiger partial charge in [0.15, 0.2) is 0 Å². The van der Waals surface area contributed by atoms with Crippen LogP contribution in [0.15, 0.2) is 41.6 Å². The Bertz CT molecular complexity index is 679. The normalized spacial score (nSPS) is 10.2. The molecule has 6 heteroatoms. The quantitative estimate of drug-likeness (QED) is 0.886. The number of anilines is 1. The van der Waals surface area contributed by atoms with Gasteiger partial charge in [-0.1, -0.05) is 6.92 Å². The highest BCUT2D eigenvalue weighted by Crippen LogP contribution is 2.11. The second kappa shape index (κ2) is 6.01. The van der Waals surface area contributed by atoms with Gasteiger partial charge >= 0.3 is 0 Å². The number of aromatic nitrogens is 2. The molecule has 0 atom stereocenters. The fourth-order valence-corrected chi connectivity index (χ4v) is 1.78. The second-order valence-corrected chi connectivity index (χ2v) is 4.34. The van der Waals surface area contributed by atoms with Gasteiger partial charge in [-0.3, -0.25) is 14.6 Å². The van der Waals surface area contributed by atoms with E-state index in [1.54, 1.807) is 12.3 Å². The molecule has 2 aromatic rings. The summed E-state index contributed by atoms with van der Waals surface area (Å²) in [5.74, 6) is -0.469. The first-order chi connectivity index (χ1) is 9.60. The van der Waals surface area contributed by atoms with E-state index < -0.39 is 5.91 Å². The largest absolute Gasteiger partial charge is 0.506 e. The van der Waals surface area contributed by atoms with Crippen molar-refractivity contribution >= 4 is 11.6 Å². The maximum absolute atomic E-state index is 12.0. The summed E-state index contributed by atoms with van der Waals surface area (Å²) in [6.45, 7) is 2.56. The molecule has 0 aliphatic heterocycles. The van der Waals surface area contributed by atoms with Gasteiger partial charge in [0.1, 0.15) is 5.75 Å². The van der Waals surface area contributed by atoms with E-state index >= 15 is 0 Å². The van der Waals surface area contributed by atoms with Gasteiger partial charge in [0.2, 0.25) is 0 Å². The molecular weight excluding hydrogens is 258 g/mol. The maximum atomic E-state index is 12.0. The summed E-state index contributed by atoms with van der Waals surface area (Å²) in [6, 6.07) is 4.28. The van der Waals surface area contributed by atoms with Gasteiger partial charge < -0.3 is 15.0 Å². The number of amides is 1. The maximum Gasteiger partial charge on any atom is 0.257 e. The molecule has 0 aliphatic rings. The van der Waals surface area contributed by atoms with Crippen LogP contribution in [0, 0.1) is 0 Å². The molecule has 2 rings (SSSR count). The van der Waals surface area contributed by atoms with Gasteiger partial charge in [-0.05, 0) is 18.6 Å². The first-order valence-electron chi connectivity index (χ1n) is 6.26. The standard InChI is InChI=1S/C14H15N3O3/c1-2-5-17-9-11(3-4-13(17)19)16-14(20)10-6-12(18)8-15-7-10/h3-4,6-9,18H,2,5H2,1H3,(H,16,20). The molecule has 0 aliphatic carbocycles. The van der Waals surface area contributed by atoms with E-state index in [2.05, 4.69) is 10.3 Å². The van der Waals surface area contributed by atoms with Crippen molar-refractivity contribution in [3.8, 4) is 5.75 Å². The van der Waals surface area contributed by atoms with E-state index in [0.717, 1.165) is 6.42 Å². The van der Waals surface area contributed by atoms with Crippen LogP contribution in [-0.4, -0.2) is 20.6 Å². The molecule has 0 saturated carbocycles. The van der Waals surface area contributed by atoms with Crippen molar-refractivity contribution in [1.29, 1.82) is 0 Å². The number of pyridine rings is 2. The predicted molar refractivity (Wildman–Crippen MR) is 74.8 cm³/mol. The van der Waals surface area contributed by atoms with E-state index in [1.807, 2.05) is 6.92 Å². The van der Waals surface area contributed by atoms with Crippen LogP contribution in [0.5, 0.6) is 5.75 Å². The third kappa shape index (κ3) is 3.23. The van der Waals surface area contributed by atoms with Crippen molar-refractivity contribution in [2.24, 2.45) is 0 Å². The summed E-state index contributed by atoms with van der Waals surface area (Å²) < 4.78 is 1.54. The second-order valence-electron chi connectivity index (χ2n) is 4.34. The number of aromatic hydroxyl groups is 1. The SMILES string of the molecule is CCCn1cc(NC(=O)c2cncc(O)c2)ccc1=O. The number of carbonyl (C=O) groups is 1. The van der Waals surface area contributed by atoms with Crippen LogP contribution in [0.1, 0.15) is 23.7 Å². The Morgan fingerprint density at radius 3 is 2.90 bits per heavy atom. The zero-order valence-electron chi connectivity index (χ0n) is 11.0. The average Bonchev–Trinajstić information content (AvgIpc) is 2.43. The van der Waals surface area contributed by atoms with Gasteiger partial charge in [-0.25, -0.2) is 0 Å². The van der Waals surface area contributed by atoms with Gasteiger partial charge in [-0.2, -0.15) is 0 Å². The summed E-state index contributed by atoms with van der Waals surface area (Å²) in [7, 11) is 0. The number of nitrogens with zero attached hydrogens (tertiary/aromatic N) is 2. The molecule has 0 aromatic carbocycles. The number of rotatable bonds is 4. The van der Waals surface area contributed by atoms with Crippen LogP contribution >= 0.6 is 0 Å². The highest BCUT2D eigenvalue weighted by atomic mass is 16.3. The zero-order chi connectivity index (χ0) is 14.5. The lowest BCUT2D eigenvalue weighted by molar-refractivity contribution is 0.102. The average molecular weight is 273 g/mol. The first kappa shape index (κ1) is 13.8. The van der Waals surface area contributed by atoms with Crippen molar-refractivity contribution < 1.29 is 9.90 Å². The van der Waals surface area contributed by atoms with E-state index in [1.165, 1.54) is 29.1 Å². The Hall–Kier alpha value is -2.63. The number of hydrogen-bond acceptors (Lipinski definition) is 4. The molecule has 0 saturated heterocycles. The fourth-order valence-electron chi connectivity index (χ4n) is 1.78. The lowest BCUT2D eigenvalue weighted by Gasteiger charge is -2.08. The van der Waals surface area contributed by atoms with Crippen LogP contribution in [0.3, 0.4) is 0 Å². The van der Waals surface area contributed by atoms with Gasteiger partial charge in [0.25, 0.3) is 11.5 Å². The van der Waals surface area contributed by atoms with Gasteiger partial charge in [0, 0.05) is 25.0 Å². The minimum Gasteiger partial charge on any atom is -0.506 e. The third-order valence-corrected chi connectivity index (χ3v) is 2.69. The molecule has 0 radical (unpaired) electrons. The molecule has 0 spiro atoms. The number of nitrogens with one attached hydrogen (secondary N) is 1. The molecular formula is C14H15N3O3. The van der Waals surface area contributed by atoms with Gasteiger partial charge in [0.05, 0.1) is 17.4 Å². The van der Waals surface area contributed by atoms with E-state index in [-0.39, 0.29) is 16.9 Å². The van der Waals surface area contributed by atoms with Crippen LogP contribution in [-0.2, 0) is 6.54 Å². The monoisotopic (exact) mass is 273 g/mol. The van der Waals surface area contributed by atoms with Crippen molar-refractivity contribution in [3.63, 3.8) is 0 Å². The molecule has 20 heavy (non-hydrogen) atoms. The van der Waals surface area contributed by atoms with Crippen LogP contribution in [0.2, 0.25) is 0 Å². The van der Waals surface area contributed by atoms with Crippen molar-refractivity contribution in [1.82, 2.24) is 9.55 Å². The van der Waals surface area contributed by atoms with Gasteiger partial charge in [-0.15, -0.1) is 0 Å². The molecule has 0 fully saturated rings. The number of hydrogen-bond donors (Lipinski definition) is 2. The summed E-state index contributed by atoms with van der Waals surface area (Å²) in [6.07, 6.45) is 5.03. The lowest BCUT2D eigenvalue weighted by Crippen LogP contribution is -2.20. The molecule has 104 valence electrons. The minimum atomic E-state index is -0.393. The molecule has 0 unspecified atom stereocenters. The van der Waals surface area contributed by atoms with Crippen molar-refractivity contribution in [2.75, 3.05) is 5.32 Å². The summed E-state index contributed by atoms with van der Waals surface area (Å²) in [5, 5.41) is 12.0. The van der Waals surface area contributed by atoms with E-state index in [0.29, 0.717) is 12.2 Å². The van der Waals surface area contributed by atoms with Crippen molar-refractivity contribution in [3.05, 3.63) is 52.7 Å². The zero-order valence-corrected chi connectivity index (χ0v) is 11.0. The topological polar surface area (TPSA) is 84.2 Å². The Morgan fingerprint density at radius 1 is 1.40 bits per heavy atom. The Balaban J connectivity index is 2.19. The Kier molecular flexibility index (Phi) is 4.14. The molecule has 1 amide bonds. The van der Waals surface area contributed by atoms with Crippen LogP contribution in [0.25, 0.3) is 0 Å². The summed E-state index contributed by atoms with van der Waals surface area (Å²) in [4.78, 5) is 27.3. The molecule has 6 nitrogen and oxygen atoms in total. The summed E-state index contributed by atoms with van der Waals surface area (Å²) >= 11 is 0. The minimum absolute atomic E-state index is 0.0754. The van der Waals surface area contributed by atoms with Crippen LogP contribution in [0.4, 0.5) is 5.69 Å². The highest BCUT2D eigenvalue weighted by Gasteiger charge is 2.08. The van der Waals surface area contributed by atoms with E-state index in [4.69, 9.17) is 0 Å². The number of carbonyl (C=O) groups excluding carboxylic acids is 1. The van der Waals surface area contributed by atoms with Crippen LogP contribution < -0.4 is 10.9 Å². The number of aryl methyl sites for hydroxylation is 1. The molecule has 2 aromatic heterocycles. The predicted octanol–water partition coefficient (Wildman–Crippen LogP) is 1.61. The molecule has 2 N–H and O–H groups in total. The molecule has 2 heterocycles.